The molecule has 1 aromatic carbocycles. The maximum Gasteiger partial charge on any atom is 0.201 e. The third-order valence-corrected chi connectivity index (χ3v) is 5.97. The monoisotopic (exact) mass is 342 g/mol. The highest BCUT2D eigenvalue weighted by molar-refractivity contribution is 5.50. The van der Waals surface area contributed by atoms with Crippen molar-refractivity contribution in [2.45, 2.75) is 82.0 Å². The fourth-order valence-corrected chi connectivity index (χ4v) is 4.37. The minimum atomic E-state index is -0.482. The van der Waals surface area contributed by atoms with E-state index in [-0.39, 0.29) is 6.10 Å². The fraction of sp³-hybridized carbons (Fsp3) is 0.636. The smallest absolute Gasteiger partial charge is 0.201 e. The van der Waals surface area contributed by atoms with E-state index < -0.39 is 5.79 Å². The van der Waals surface area contributed by atoms with E-state index in [0.29, 0.717) is 6.61 Å². The van der Waals surface area contributed by atoms with Crippen LogP contribution in [0.4, 0.5) is 0 Å². The van der Waals surface area contributed by atoms with Crippen LogP contribution in [0.2, 0.25) is 0 Å². The van der Waals surface area contributed by atoms with Crippen LogP contribution >= 0.6 is 0 Å². The van der Waals surface area contributed by atoms with Crippen LogP contribution in [0, 0.1) is 0 Å². The summed E-state index contributed by atoms with van der Waals surface area (Å²) in [4.78, 5) is 11.3. The first-order chi connectivity index (χ1) is 12.3. The van der Waals surface area contributed by atoms with E-state index in [1.54, 1.807) is 0 Å². The molecule has 2 aliphatic carbocycles. The molecule has 0 radical (unpaired) electrons. The van der Waals surface area contributed by atoms with Crippen molar-refractivity contribution >= 4 is 6.08 Å². The van der Waals surface area contributed by atoms with Crippen LogP contribution in [0.3, 0.4) is 0 Å². The molecule has 1 aliphatic heterocycles. The summed E-state index contributed by atoms with van der Waals surface area (Å²) in [6.07, 6.45) is 16.3. The molecule has 3 nitrogen and oxygen atoms in total. The average molecular weight is 342 g/mol. The van der Waals surface area contributed by atoms with Crippen molar-refractivity contribution < 1.29 is 14.5 Å². The first-order valence-corrected chi connectivity index (χ1v) is 10.1. The lowest BCUT2D eigenvalue weighted by molar-refractivity contribution is -0.482. The van der Waals surface area contributed by atoms with Gasteiger partial charge in [0.25, 0.3) is 0 Å². The Morgan fingerprint density at radius 2 is 1.60 bits per heavy atom. The molecule has 1 aromatic rings. The molecule has 136 valence electrons. The van der Waals surface area contributed by atoms with Crippen molar-refractivity contribution in [3.05, 3.63) is 41.5 Å². The maximum atomic E-state index is 6.08. The van der Waals surface area contributed by atoms with Crippen LogP contribution in [0.25, 0.3) is 6.08 Å². The summed E-state index contributed by atoms with van der Waals surface area (Å²) < 4.78 is 6.08. The SMILES string of the molecule is C(=CC1COC2(CCCCCC2)OO1)c1ccc(C2CCCC2)cc1. The van der Waals surface area contributed by atoms with E-state index >= 15 is 0 Å². The van der Waals surface area contributed by atoms with Gasteiger partial charge in [0.15, 0.2) is 0 Å². The predicted octanol–water partition coefficient (Wildman–Crippen LogP) is 5.75. The highest BCUT2D eigenvalue weighted by atomic mass is 17.2. The molecule has 1 spiro atoms. The largest absolute Gasteiger partial charge is 0.344 e. The number of hydrogen-bond donors (Lipinski definition) is 0. The lowest BCUT2D eigenvalue weighted by Gasteiger charge is -2.37. The Balaban J connectivity index is 1.30. The zero-order valence-corrected chi connectivity index (χ0v) is 15.1. The van der Waals surface area contributed by atoms with Gasteiger partial charge in [0, 0.05) is 12.8 Å². The molecule has 2 saturated carbocycles. The summed E-state index contributed by atoms with van der Waals surface area (Å²) in [5, 5.41) is 0. The third-order valence-electron chi connectivity index (χ3n) is 5.97. The first-order valence-electron chi connectivity index (χ1n) is 10.1. The van der Waals surface area contributed by atoms with Gasteiger partial charge in [-0.2, -0.15) is 0 Å². The molecule has 1 unspecified atom stereocenters. The molecule has 25 heavy (non-hydrogen) atoms. The van der Waals surface area contributed by atoms with Crippen LogP contribution in [0.15, 0.2) is 30.3 Å². The van der Waals surface area contributed by atoms with E-state index in [0.717, 1.165) is 31.6 Å². The first kappa shape index (κ1) is 17.3. The Morgan fingerprint density at radius 1 is 0.880 bits per heavy atom. The summed E-state index contributed by atoms with van der Waals surface area (Å²) >= 11 is 0. The van der Waals surface area contributed by atoms with Crippen molar-refractivity contribution in [1.82, 2.24) is 0 Å². The van der Waals surface area contributed by atoms with Gasteiger partial charge in [0.2, 0.25) is 5.79 Å². The Kier molecular flexibility index (Phi) is 5.54. The zero-order chi connectivity index (χ0) is 17.0. The molecule has 1 saturated heterocycles. The second kappa shape index (κ2) is 8.03. The normalized spacial score (nSPS) is 27.8. The summed E-state index contributed by atoms with van der Waals surface area (Å²) in [6.45, 7) is 0.580. The topological polar surface area (TPSA) is 27.7 Å². The molecule has 3 aliphatic rings. The van der Waals surface area contributed by atoms with Crippen molar-refractivity contribution in [1.29, 1.82) is 0 Å². The number of ether oxygens (including phenoxy) is 1. The van der Waals surface area contributed by atoms with Gasteiger partial charge in [-0.05, 0) is 48.8 Å². The van der Waals surface area contributed by atoms with Gasteiger partial charge < -0.3 is 4.74 Å². The molecular formula is C22H30O3. The van der Waals surface area contributed by atoms with Crippen LogP contribution in [-0.2, 0) is 14.5 Å². The van der Waals surface area contributed by atoms with Crippen molar-refractivity contribution in [3.63, 3.8) is 0 Å². The molecule has 3 fully saturated rings. The van der Waals surface area contributed by atoms with Crippen LogP contribution in [0.1, 0.15) is 81.3 Å². The highest BCUT2D eigenvalue weighted by Gasteiger charge is 2.39. The quantitative estimate of drug-likeness (QED) is 0.654. The van der Waals surface area contributed by atoms with Gasteiger partial charge in [-0.1, -0.05) is 56.0 Å². The van der Waals surface area contributed by atoms with E-state index in [1.165, 1.54) is 49.7 Å². The second-order valence-electron chi connectivity index (χ2n) is 7.86. The number of rotatable bonds is 3. The molecule has 3 heteroatoms. The molecular weight excluding hydrogens is 312 g/mol. The van der Waals surface area contributed by atoms with Crippen LogP contribution < -0.4 is 0 Å². The lowest BCUT2D eigenvalue weighted by Crippen LogP contribution is -2.44. The van der Waals surface area contributed by atoms with E-state index in [1.807, 2.05) is 6.08 Å². The summed E-state index contributed by atoms with van der Waals surface area (Å²) in [7, 11) is 0. The Morgan fingerprint density at radius 3 is 2.24 bits per heavy atom. The minimum absolute atomic E-state index is 0.122. The summed E-state index contributed by atoms with van der Waals surface area (Å²) in [5.41, 5.74) is 2.70. The molecule has 1 heterocycles. The number of benzene rings is 1. The van der Waals surface area contributed by atoms with Gasteiger partial charge in [-0.15, -0.1) is 0 Å². The number of hydrogen-bond acceptors (Lipinski definition) is 3. The Labute approximate surface area is 151 Å². The van der Waals surface area contributed by atoms with Gasteiger partial charge in [0.1, 0.15) is 6.10 Å². The molecule has 1 atom stereocenters. The zero-order valence-electron chi connectivity index (χ0n) is 15.1. The van der Waals surface area contributed by atoms with Crippen LogP contribution in [-0.4, -0.2) is 18.5 Å². The van der Waals surface area contributed by atoms with Gasteiger partial charge in [0.05, 0.1) is 6.61 Å². The van der Waals surface area contributed by atoms with E-state index in [9.17, 15) is 0 Å². The molecule has 0 bridgehead atoms. The average Bonchev–Trinajstić information content (AvgIpc) is 3.10. The fourth-order valence-electron chi connectivity index (χ4n) is 4.37. The van der Waals surface area contributed by atoms with E-state index in [4.69, 9.17) is 14.5 Å². The Bertz CT molecular complexity index is 553. The third kappa shape index (κ3) is 4.33. The van der Waals surface area contributed by atoms with Crippen molar-refractivity contribution in [2.75, 3.05) is 6.61 Å². The van der Waals surface area contributed by atoms with Gasteiger partial charge in [-0.3, -0.25) is 0 Å². The predicted molar refractivity (Wildman–Crippen MR) is 99.0 cm³/mol. The molecule has 4 rings (SSSR count). The Hall–Kier alpha value is -1.16. The standard InChI is InChI=1S/C22H30O3/c1-2-6-16-22(15-5-1)23-17-21(24-25-22)14-11-18-9-12-20(13-10-18)19-7-3-4-8-19/h9-14,19,21H,1-8,15-17H2. The van der Waals surface area contributed by atoms with Gasteiger partial charge in [-0.25, -0.2) is 9.78 Å². The van der Waals surface area contributed by atoms with Crippen molar-refractivity contribution in [3.8, 4) is 0 Å². The van der Waals surface area contributed by atoms with Crippen molar-refractivity contribution in [2.24, 2.45) is 0 Å². The summed E-state index contributed by atoms with van der Waals surface area (Å²) in [6, 6.07) is 8.98. The maximum absolute atomic E-state index is 6.08. The van der Waals surface area contributed by atoms with E-state index in [2.05, 4.69) is 30.3 Å². The van der Waals surface area contributed by atoms with Crippen LogP contribution in [0.5, 0.6) is 0 Å². The minimum Gasteiger partial charge on any atom is -0.344 e. The van der Waals surface area contributed by atoms with Gasteiger partial charge >= 0.3 is 0 Å². The highest BCUT2D eigenvalue weighted by Crippen LogP contribution is 2.35. The summed E-state index contributed by atoms with van der Waals surface area (Å²) in [5.74, 6) is 0.293. The molecule has 0 amide bonds. The molecule has 0 aromatic heterocycles. The second-order valence-corrected chi connectivity index (χ2v) is 7.86. The molecule has 0 N–H and O–H groups in total. The lowest BCUT2D eigenvalue weighted by atomic mass is 9.96.